The molecule has 1 aliphatic rings. The Kier molecular flexibility index (Phi) is 4.35. The first-order valence-corrected chi connectivity index (χ1v) is 8.49. The van der Waals surface area contributed by atoms with Crippen molar-refractivity contribution in [1.29, 1.82) is 0 Å². The molecule has 3 heterocycles. The second-order valence-corrected chi connectivity index (χ2v) is 6.39. The molecule has 1 fully saturated rings. The predicted octanol–water partition coefficient (Wildman–Crippen LogP) is 2.09. The van der Waals surface area contributed by atoms with E-state index in [-0.39, 0.29) is 18.0 Å². The van der Waals surface area contributed by atoms with Gasteiger partial charge in [-0.1, -0.05) is 6.07 Å². The summed E-state index contributed by atoms with van der Waals surface area (Å²) in [5.74, 6) is 0.177. The van der Waals surface area contributed by atoms with Crippen LogP contribution in [0.15, 0.2) is 58.5 Å². The monoisotopic (exact) mass is 350 g/mol. The van der Waals surface area contributed by atoms with Gasteiger partial charge in [0.1, 0.15) is 6.54 Å². The van der Waals surface area contributed by atoms with Gasteiger partial charge in [-0.2, -0.15) is 0 Å². The molecule has 3 aromatic heterocycles. The van der Waals surface area contributed by atoms with E-state index >= 15 is 0 Å². The molecular formula is C19H18N4O3. The van der Waals surface area contributed by atoms with Gasteiger partial charge in [-0.25, -0.2) is 4.98 Å². The Labute approximate surface area is 149 Å². The van der Waals surface area contributed by atoms with Crippen LogP contribution in [0.25, 0.3) is 11.3 Å². The molecule has 0 spiro atoms. The van der Waals surface area contributed by atoms with Crippen molar-refractivity contribution >= 4 is 5.91 Å². The molecule has 1 aliphatic carbocycles. The Balaban J connectivity index is 1.33. The van der Waals surface area contributed by atoms with E-state index < -0.39 is 0 Å². The van der Waals surface area contributed by atoms with E-state index in [1.807, 2.05) is 18.2 Å². The van der Waals surface area contributed by atoms with Crippen LogP contribution >= 0.6 is 0 Å². The van der Waals surface area contributed by atoms with E-state index in [9.17, 15) is 9.59 Å². The first-order chi connectivity index (χ1) is 12.7. The lowest BCUT2D eigenvalue weighted by Gasteiger charge is -2.08. The number of furan rings is 1. The van der Waals surface area contributed by atoms with Crippen LogP contribution in [0.1, 0.15) is 30.0 Å². The van der Waals surface area contributed by atoms with Gasteiger partial charge < -0.3 is 9.73 Å². The Morgan fingerprint density at radius 1 is 1.27 bits per heavy atom. The van der Waals surface area contributed by atoms with Crippen molar-refractivity contribution in [2.45, 2.75) is 31.8 Å². The van der Waals surface area contributed by atoms with Crippen LogP contribution < -0.4 is 10.9 Å². The minimum Gasteiger partial charge on any atom is -0.472 e. The maximum atomic E-state index is 12.1. The van der Waals surface area contributed by atoms with E-state index in [2.05, 4.69) is 15.3 Å². The third kappa shape index (κ3) is 3.72. The minimum absolute atomic E-state index is 0.0443. The zero-order chi connectivity index (χ0) is 17.9. The van der Waals surface area contributed by atoms with Gasteiger partial charge in [-0.05, 0) is 30.5 Å². The summed E-state index contributed by atoms with van der Waals surface area (Å²) < 4.78 is 6.36. The molecule has 7 heteroatoms. The lowest BCUT2D eigenvalue weighted by Crippen LogP contribution is -2.32. The van der Waals surface area contributed by atoms with Gasteiger partial charge in [0.2, 0.25) is 5.91 Å². The van der Waals surface area contributed by atoms with Gasteiger partial charge in [-0.15, -0.1) is 0 Å². The largest absolute Gasteiger partial charge is 0.472 e. The first-order valence-electron chi connectivity index (χ1n) is 8.49. The maximum Gasteiger partial charge on any atom is 0.254 e. The number of aromatic nitrogens is 3. The van der Waals surface area contributed by atoms with Gasteiger partial charge in [0.25, 0.3) is 5.56 Å². The zero-order valence-corrected chi connectivity index (χ0v) is 14.1. The van der Waals surface area contributed by atoms with Crippen molar-refractivity contribution < 1.29 is 9.21 Å². The van der Waals surface area contributed by atoms with Crippen LogP contribution in [0.5, 0.6) is 0 Å². The molecule has 7 nitrogen and oxygen atoms in total. The summed E-state index contributed by atoms with van der Waals surface area (Å²) in [5.41, 5.74) is 3.23. The van der Waals surface area contributed by atoms with Crippen molar-refractivity contribution in [3.8, 4) is 11.3 Å². The highest BCUT2D eigenvalue weighted by atomic mass is 16.3. The van der Waals surface area contributed by atoms with Gasteiger partial charge in [-0.3, -0.25) is 19.1 Å². The molecule has 0 aromatic carbocycles. The minimum atomic E-state index is -0.244. The molecule has 26 heavy (non-hydrogen) atoms. The molecule has 0 saturated heterocycles. The third-order valence-corrected chi connectivity index (χ3v) is 4.34. The number of carbonyl (C=O) groups excluding carboxylic acids is 1. The lowest BCUT2D eigenvalue weighted by atomic mass is 10.2. The molecule has 0 aliphatic heterocycles. The van der Waals surface area contributed by atoms with Crippen LogP contribution in [0.3, 0.4) is 0 Å². The number of rotatable bonds is 6. The molecule has 1 N–H and O–H groups in total. The number of carbonyl (C=O) groups is 1. The molecule has 1 saturated carbocycles. The highest BCUT2D eigenvalue weighted by Crippen LogP contribution is 2.38. The normalized spacial score (nSPS) is 13.5. The smallest absolute Gasteiger partial charge is 0.254 e. The van der Waals surface area contributed by atoms with Crippen LogP contribution in [0, 0.1) is 0 Å². The highest BCUT2D eigenvalue weighted by Gasteiger charge is 2.25. The maximum absolute atomic E-state index is 12.1. The summed E-state index contributed by atoms with van der Waals surface area (Å²) in [6, 6.07) is 7.14. The molecule has 0 radical (unpaired) electrons. The average Bonchev–Trinajstić information content (AvgIpc) is 3.36. The molecular weight excluding hydrogens is 332 g/mol. The summed E-state index contributed by atoms with van der Waals surface area (Å²) in [6.07, 6.45) is 8.56. The summed E-state index contributed by atoms with van der Waals surface area (Å²) in [6.45, 7) is 0.303. The van der Waals surface area contributed by atoms with E-state index in [1.165, 1.54) is 17.0 Å². The number of nitrogens with one attached hydrogen (secondary N) is 1. The first kappa shape index (κ1) is 16.3. The van der Waals surface area contributed by atoms with Gasteiger partial charge in [0.05, 0.1) is 30.2 Å². The van der Waals surface area contributed by atoms with Gasteiger partial charge >= 0.3 is 0 Å². The third-order valence-electron chi connectivity index (χ3n) is 4.34. The zero-order valence-electron chi connectivity index (χ0n) is 14.1. The van der Waals surface area contributed by atoms with Crippen LogP contribution in [0.2, 0.25) is 0 Å². The Morgan fingerprint density at radius 2 is 2.15 bits per heavy atom. The molecule has 1 amide bonds. The summed E-state index contributed by atoms with van der Waals surface area (Å²) >= 11 is 0. The average molecular weight is 350 g/mol. The standard InChI is InChI=1S/C19H18N4O3/c24-18(10-23-12-22-17(7-19(23)25)14-2-3-14)21-9-13-1-4-16(20-8-13)15-5-6-26-11-15/h1,4-8,11-12,14H,2-3,9-10H2,(H,21,24). The highest BCUT2D eigenvalue weighted by molar-refractivity contribution is 5.75. The number of hydrogen-bond acceptors (Lipinski definition) is 5. The summed E-state index contributed by atoms with van der Waals surface area (Å²) in [7, 11) is 0. The van der Waals surface area contributed by atoms with Crippen molar-refractivity contribution in [2.24, 2.45) is 0 Å². The quantitative estimate of drug-likeness (QED) is 0.735. The number of hydrogen-bond donors (Lipinski definition) is 1. The second kappa shape index (κ2) is 6.95. The van der Waals surface area contributed by atoms with E-state index in [4.69, 9.17) is 4.42 Å². The number of nitrogens with zero attached hydrogens (tertiary/aromatic N) is 3. The SMILES string of the molecule is O=C(Cn1cnc(C2CC2)cc1=O)NCc1ccc(-c2ccoc2)nc1. The molecule has 3 aromatic rings. The Morgan fingerprint density at radius 3 is 2.81 bits per heavy atom. The molecule has 0 bridgehead atoms. The van der Waals surface area contributed by atoms with E-state index in [1.54, 1.807) is 18.7 Å². The van der Waals surface area contributed by atoms with Crippen molar-refractivity contribution in [3.63, 3.8) is 0 Å². The number of pyridine rings is 1. The fraction of sp³-hybridized carbons (Fsp3) is 0.263. The van der Waals surface area contributed by atoms with Crippen LogP contribution in [-0.2, 0) is 17.9 Å². The molecule has 132 valence electrons. The predicted molar refractivity (Wildman–Crippen MR) is 94.3 cm³/mol. The van der Waals surface area contributed by atoms with Crippen molar-refractivity contribution in [3.05, 3.63) is 70.9 Å². The molecule has 4 rings (SSSR count). The van der Waals surface area contributed by atoms with Crippen molar-refractivity contribution in [1.82, 2.24) is 19.9 Å². The van der Waals surface area contributed by atoms with E-state index in [0.717, 1.165) is 35.4 Å². The second-order valence-electron chi connectivity index (χ2n) is 6.39. The summed E-state index contributed by atoms with van der Waals surface area (Å²) in [4.78, 5) is 32.8. The topological polar surface area (TPSA) is 90.0 Å². The Hall–Kier alpha value is -3.22. The summed E-state index contributed by atoms with van der Waals surface area (Å²) in [5, 5.41) is 2.79. The van der Waals surface area contributed by atoms with Crippen molar-refractivity contribution in [2.75, 3.05) is 0 Å². The van der Waals surface area contributed by atoms with Crippen LogP contribution in [0.4, 0.5) is 0 Å². The lowest BCUT2D eigenvalue weighted by molar-refractivity contribution is -0.121. The van der Waals surface area contributed by atoms with Gasteiger partial charge in [0.15, 0.2) is 0 Å². The van der Waals surface area contributed by atoms with E-state index in [0.29, 0.717) is 12.5 Å². The molecule has 0 atom stereocenters. The Bertz CT molecular complexity index is 957. The van der Waals surface area contributed by atoms with Gasteiger partial charge in [0, 0.05) is 30.3 Å². The van der Waals surface area contributed by atoms with Crippen LogP contribution in [-0.4, -0.2) is 20.4 Å². The number of amides is 1. The fourth-order valence-corrected chi connectivity index (χ4v) is 2.68. The fourth-order valence-electron chi connectivity index (χ4n) is 2.68. The molecule has 0 unspecified atom stereocenters.